The highest BCUT2D eigenvalue weighted by Crippen LogP contribution is 2.13. The molecule has 0 saturated carbocycles. The molecule has 0 bridgehead atoms. The Morgan fingerprint density at radius 1 is 1.17 bits per heavy atom. The molecule has 0 aliphatic heterocycles. The predicted molar refractivity (Wildman–Crippen MR) is 86.2 cm³/mol. The molecule has 2 aromatic carbocycles. The van der Waals surface area contributed by atoms with Crippen LogP contribution in [0.5, 0.6) is 5.75 Å². The van der Waals surface area contributed by atoms with E-state index in [2.05, 4.69) is 5.32 Å². The topological polar surface area (TPSA) is 47.6 Å². The van der Waals surface area contributed by atoms with Gasteiger partial charge in [-0.15, -0.1) is 0 Å². The molecule has 0 aliphatic carbocycles. The Bertz CT molecular complexity index is 668. The number of carbonyl (C=O) groups is 1. The van der Waals surface area contributed by atoms with Crippen molar-refractivity contribution in [3.8, 4) is 5.75 Å². The van der Waals surface area contributed by atoms with Crippen LogP contribution in [0.15, 0.2) is 54.6 Å². The summed E-state index contributed by atoms with van der Waals surface area (Å²) in [6.07, 6.45) is 3.09. The molecule has 0 heterocycles. The van der Waals surface area contributed by atoms with Crippen LogP contribution in [0.4, 0.5) is 4.39 Å². The molecule has 1 N–H and O–H groups in total. The van der Waals surface area contributed by atoms with E-state index >= 15 is 0 Å². The number of hydrogen-bond donors (Lipinski definition) is 1. The zero-order chi connectivity index (χ0) is 16.5. The van der Waals surface area contributed by atoms with E-state index in [1.807, 2.05) is 12.1 Å². The van der Waals surface area contributed by atoms with Gasteiger partial charge in [-0.2, -0.15) is 0 Å². The molecule has 23 heavy (non-hydrogen) atoms. The first-order chi connectivity index (χ1) is 11.2. The minimum atomic E-state index is -0.330. The number of halogens is 1. The summed E-state index contributed by atoms with van der Waals surface area (Å²) in [4.78, 5) is 11.7. The first-order valence-corrected chi connectivity index (χ1v) is 7.10. The highest BCUT2D eigenvalue weighted by Gasteiger charge is 2.01. The molecule has 0 spiro atoms. The van der Waals surface area contributed by atoms with Crippen molar-refractivity contribution in [1.82, 2.24) is 5.32 Å². The third kappa shape index (κ3) is 5.56. The zero-order valence-electron chi connectivity index (χ0n) is 12.8. The van der Waals surface area contributed by atoms with Crippen LogP contribution in [0.25, 0.3) is 6.08 Å². The number of nitrogens with one attached hydrogen (secondary N) is 1. The van der Waals surface area contributed by atoms with Crippen molar-refractivity contribution in [1.29, 1.82) is 0 Å². The standard InChI is InChI=1S/C18H18FNO3/c1-22-13-23-16-9-6-14(7-10-16)8-11-18(21)20-12-15-4-2-3-5-17(15)19/h2-11H,12-13H2,1H3,(H,20,21)/b11-8+. The van der Waals surface area contributed by atoms with Gasteiger partial charge in [-0.25, -0.2) is 4.39 Å². The third-order valence-corrected chi connectivity index (χ3v) is 3.06. The lowest BCUT2D eigenvalue weighted by atomic mass is 10.2. The molecular formula is C18H18FNO3. The summed E-state index contributed by atoms with van der Waals surface area (Å²) in [5, 5.41) is 2.64. The van der Waals surface area contributed by atoms with E-state index < -0.39 is 0 Å². The van der Waals surface area contributed by atoms with Gasteiger partial charge in [0.25, 0.3) is 0 Å². The molecule has 120 valence electrons. The van der Waals surface area contributed by atoms with E-state index in [9.17, 15) is 9.18 Å². The second kappa shape index (κ2) is 8.70. The van der Waals surface area contributed by atoms with Crippen LogP contribution >= 0.6 is 0 Å². The first kappa shape index (κ1) is 16.7. The second-order valence-corrected chi connectivity index (χ2v) is 4.76. The summed E-state index contributed by atoms with van der Waals surface area (Å²) in [7, 11) is 1.55. The normalized spacial score (nSPS) is 10.7. The molecule has 0 fully saturated rings. The van der Waals surface area contributed by atoms with Crippen molar-refractivity contribution in [2.24, 2.45) is 0 Å². The lowest BCUT2D eigenvalue weighted by Gasteiger charge is -2.04. The van der Waals surface area contributed by atoms with Gasteiger partial charge in [0, 0.05) is 25.3 Å². The predicted octanol–water partition coefficient (Wildman–Crippen LogP) is 3.14. The van der Waals surface area contributed by atoms with E-state index in [-0.39, 0.29) is 25.1 Å². The van der Waals surface area contributed by atoms with Crippen molar-refractivity contribution in [3.05, 3.63) is 71.6 Å². The fourth-order valence-electron chi connectivity index (χ4n) is 1.86. The minimum absolute atomic E-state index is 0.152. The number of benzene rings is 2. The molecule has 0 aliphatic rings. The van der Waals surface area contributed by atoms with Gasteiger partial charge in [0.2, 0.25) is 5.91 Å². The Morgan fingerprint density at radius 2 is 1.91 bits per heavy atom. The maximum Gasteiger partial charge on any atom is 0.244 e. The van der Waals surface area contributed by atoms with Crippen LogP contribution in [0, 0.1) is 5.82 Å². The number of rotatable bonds is 7. The lowest BCUT2D eigenvalue weighted by molar-refractivity contribution is -0.116. The Labute approximate surface area is 134 Å². The Morgan fingerprint density at radius 3 is 2.61 bits per heavy atom. The maximum atomic E-state index is 13.4. The Kier molecular flexibility index (Phi) is 6.32. The summed E-state index contributed by atoms with van der Waals surface area (Å²) in [6.45, 7) is 0.341. The molecule has 0 saturated heterocycles. The monoisotopic (exact) mass is 315 g/mol. The number of amides is 1. The van der Waals surface area contributed by atoms with Gasteiger partial charge in [-0.3, -0.25) is 4.79 Å². The summed E-state index contributed by atoms with van der Waals surface area (Å²) < 4.78 is 23.5. The molecule has 4 nitrogen and oxygen atoms in total. The van der Waals surface area contributed by atoms with Crippen LogP contribution in [0.2, 0.25) is 0 Å². The Hall–Kier alpha value is -2.66. The molecular weight excluding hydrogens is 297 g/mol. The van der Waals surface area contributed by atoms with Crippen LogP contribution in [0.1, 0.15) is 11.1 Å². The van der Waals surface area contributed by atoms with Crippen molar-refractivity contribution >= 4 is 12.0 Å². The molecule has 2 rings (SSSR count). The fourth-order valence-corrected chi connectivity index (χ4v) is 1.86. The summed E-state index contributed by atoms with van der Waals surface area (Å²) in [5.41, 5.74) is 1.31. The largest absolute Gasteiger partial charge is 0.468 e. The van der Waals surface area contributed by atoms with Gasteiger partial charge < -0.3 is 14.8 Å². The molecule has 5 heteroatoms. The van der Waals surface area contributed by atoms with Gasteiger partial charge in [0.05, 0.1) is 0 Å². The quantitative estimate of drug-likeness (QED) is 0.631. The highest BCUT2D eigenvalue weighted by molar-refractivity contribution is 5.91. The molecule has 0 aromatic heterocycles. The second-order valence-electron chi connectivity index (χ2n) is 4.76. The van der Waals surface area contributed by atoms with Crippen LogP contribution < -0.4 is 10.1 Å². The van der Waals surface area contributed by atoms with E-state index in [0.717, 1.165) is 5.56 Å². The molecule has 0 atom stereocenters. The van der Waals surface area contributed by atoms with Crippen molar-refractivity contribution < 1.29 is 18.7 Å². The van der Waals surface area contributed by atoms with Gasteiger partial charge in [0.1, 0.15) is 11.6 Å². The zero-order valence-corrected chi connectivity index (χ0v) is 12.8. The van der Waals surface area contributed by atoms with Crippen LogP contribution in [-0.4, -0.2) is 19.8 Å². The number of hydrogen-bond acceptors (Lipinski definition) is 3. The van der Waals surface area contributed by atoms with Gasteiger partial charge in [0.15, 0.2) is 6.79 Å². The van der Waals surface area contributed by atoms with Crippen LogP contribution in [0.3, 0.4) is 0 Å². The maximum absolute atomic E-state index is 13.4. The summed E-state index contributed by atoms with van der Waals surface area (Å²) in [5.74, 6) is 0.0735. The average Bonchev–Trinajstić information content (AvgIpc) is 2.58. The fraction of sp³-hybridized carbons (Fsp3) is 0.167. The molecule has 2 aromatic rings. The Balaban J connectivity index is 1.84. The highest BCUT2D eigenvalue weighted by atomic mass is 19.1. The van der Waals surface area contributed by atoms with Gasteiger partial charge in [-0.1, -0.05) is 30.3 Å². The lowest BCUT2D eigenvalue weighted by Crippen LogP contribution is -2.20. The third-order valence-electron chi connectivity index (χ3n) is 3.06. The van der Waals surface area contributed by atoms with Crippen molar-refractivity contribution in [3.63, 3.8) is 0 Å². The smallest absolute Gasteiger partial charge is 0.244 e. The first-order valence-electron chi connectivity index (χ1n) is 7.10. The van der Waals surface area contributed by atoms with E-state index in [4.69, 9.17) is 9.47 Å². The minimum Gasteiger partial charge on any atom is -0.468 e. The summed E-state index contributed by atoms with van der Waals surface area (Å²) >= 11 is 0. The number of ether oxygens (including phenoxy) is 2. The van der Waals surface area contributed by atoms with Gasteiger partial charge in [-0.05, 0) is 29.8 Å². The van der Waals surface area contributed by atoms with Crippen LogP contribution in [-0.2, 0) is 16.1 Å². The SMILES string of the molecule is COCOc1ccc(/C=C/C(=O)NCc2ccccc2F)cc1. The molecule has 0 radical (unpaired) electrons. The number of methoxy groups -OCH3 is 1. The molecule has 0 unspecified atom stereocenters. The molecule has 1 amide bonds. The van der Waals surface area contributed by atoms with Crippen molar-refractivity contribution in [2.75, 3.05) is 13.9 Å². The van der Waals surface area contributed by atoms with E-state index in [0.29, 0.717) is 11.3 Å². The summed E-state index contributed by atoms with van der Waals surface area (Å²) in [6, 6.07) is 13.6. The van der Waals surface area contributed by atoms with Crippen molar-refractivity contribution in [2.45, 2.75) is 6.54 Å². The average molecular weight is 315 g/mol. The number of carbonyl (C=O) groups excluding carboxylic acids is 1. The van der Waals surface area contributed by atoms with E-state index in [1.165, 1.54) is 12.1 Å². The van der Waals surface area contributed by atoms with Gasteiger partial charge >= 0.3 is 0 Å². The van der Waals surface area contributed by atoms with E-state index in [1.54, 1.807) is 43.5 Å².